The van der Waals surface area contributed by atoms with Crippen molar-refractivity contribution >= 4 is 41.5 Å². The molecular weight excluding hydrogens is 337 g/mol. The van der Waals surface area contributed by atoms with Crippen molar-refractivity contribution < 1.29 is 9.59 Å². The number of carbonyl (C=O) groups is 2. The Labute approximate surface area is 148 Å². The third-order valence-electron chi connectivity index (χ3n) is 3.70. The van der Waals surface area contributed by atoms with Gasteiger partial charge >= 0.3 is 0 Å². The van der Waals surface area contributed by atoms with Crippen molar-refractivity contribution in [1.82, 2.24) is 5.32 Å². The van der Waals surface area contributed by atoms with Crippen LogP contribution in [0.5, 0.6) is 0 Å². The SMILES string of the molecule is CC(C)C[C@H](N)C(=O)NC1CCN(c2cccc(Cl)c2)C1=O.Cl. The summed E-state index contributed by atoms with van der Waals surface area (Å²) in [5, 5.41) is 3.34. The number of carbonyl (C=O) groups excluding carboxylic acids is 2. The van der Waals surface area contributed by atoms with Crippen molar-refractivity contribution in [3.63, 3.8) is 0 Å². The summed E-state index contributed by atoms with van der Waals surface area (Å²) >= 11 is 5.96. The highest BCUT2D eigenvalue weighted by molar-refractivity contribution is 6.31. The standard InChI is InChI=1S/C16H22ClN3O2.ClH/c1-10(2)8-13(18)15(21)19-14-6-7-20(16(14)22)12-5-3-4-11(17)9-12;/h3-5,9-10,13-14H,6-8,18H2,1-2H3,(H,19,21);1H/t13-,14?;/m0./s1. The van der Waals surface area contributed by atoms with Gasteiger partial charge in [-0.2, -0.15) is 0 Å². The monoisotopic (exact) mass is 359 g/mol. The Balaban J connectivity index is 0.00000264. The lowest BCUT2D eigenvalue weighted by atomic mass is 10.0. The Bertz CT molecular complexity index is 566. The molecule has 0 spiro atoms. The van der Waals surface area contributed by atoms with Crippen LogP contribution >= 0.6 is 24.0 Å². The lowest BCUT2D eigenvalue weighted by molar-refractivity contribution is -0.127. The van der Waals surface area contributed by atoms with E-state index in [9.17, 15) is 9.59 Å². The van der Waals surface area contributed by atoms with Crippen LogP contribution in [0.1, 0.15) is 26.7 Å². The van der Waals surface area contributed by atoms with E-state index in [1.807, 2.05) is 19.9 Å². The fourth-order valence-electron chi connectivity index (χ4n) is 2.61. The van der Waals surface area contributed by atoms with Crippen LogP contribution in [0.15, 0.2) is 24.3 Å². The van der Waals surface area contributed by atoms with Gasteiger partial charge in [0.05, 0.1) is 6.04 Å². The van der Waals surface area contributed by atoms with Gasteiger partial charge in [-0.15, -0.1) is 12.4 Å². The predicted octanol–water partition coefficient (Wildman–Crippen LogP) is 2.36. The largest absolute Gasteiger partial charge is 0.343 e. The number of nitrogens with two attached hydrogens (primary N) is 1. The number of nitrogens with one attached hydrogen (secondary N) is 1. The highest BCUT2D eigenvalue weighted by Crippen LogP contribution is 2.24. The molecule has 1 heterocycles. The zero-order chi connectivity index (χ0) is 16.3. The first kappa shape index (κ1) is 19.7. The van der Waals surface area contributed by atoms with Gasteiger partial charge in [0.15, 0.2) is 0 Å². The minimum Gasteiger partial charge on any atom is -0.343 e. The van der Waals surface area contributed by atoms with E-state index >= 15 is 0 Å². The maximum atomic E-state index is 12.4. The minimum atomic E-state index is -0.576. The normalized spacial score (nSPS) is 18.7. The molecule has 3 N–H and O–H groups in total. The summed E-state index contributed by atoms with van der Waals surface area (Å²) in [4.78, 5) is 26.1. The van der Waals surface area contributed by atoms with E-state index in [1.165, 1.54) is 0 Å². The third-order valence-corrected chi connectivity index (χ3v) is 3.94. The second kappa shape index (κ2) is 8.52. The fraction of sp³-hybridized carbons (Fsp3) is 0.500. The number of anilines is 1. The molecule has 1 unspecified atom stereocenters. The maximum Gasteiger partial charge on any atom is 0.249 e. The molecule has 1 aliphatic rings. The summed E-state index contributed by atoms with van der Waals surface area (Å²) in [6.45, 7) is 4.58. The number of rotatable bonds is 5. The fourth-order valence-corrected chi connectivity index (χ4v) is 2.79. The van der Waals surface area contributed by atoms with Gasteiger partial charge in [0.25, 0.3) is 0 Å². The smallest absolute Gasteiger partial charge is 0.249 e. The van der Waals surface area contributed by atoms with Gasteiger partial charge in [-0.05, 0) is 37.0 Å². The van der Waals surface area contributed by atoms with E-state index < -0.39 is 12.1 Å². The quantitative estimate of drug-likeness (QED) is 0.847. The summed E-state index contributed by atoms with van der Waals surface area (Å²) in [6.07, 6.45) is 1.18. The first-order chi connectivity index (χ1) is 10.4. The average molecular weight is 360 g/mol. The van der Waals surface area contributed by atoms with Crippen LogP contribution in [0.25, 0.3) is 0 Å². The lowest BCUT2D eigenvalue weighted by Gasteiger charge is -2.19. The van der Waals surface area contributed by atoms with E-state index in [0.29, 0.717) is 30.3 Å². The molecule has 2 rings (SSSR count). The van der Waals surface area contributed by atoms with Gasteiger partial charge < -0.3 is 16.0 Å². The van der Waals surface area contributed by atoms with Crippen LogP contribution in [0.4, 0.5) is 5.69 Å². The number of hydrogen-bond acceptors (Lipinski definition) is 3. The van der Waals surface area contributed by atoms with Gasteiger partial charge in [0.1, 0.15) is 6.04 Å². The van der Waals surface area contributed by atoms with Crippen LogP contribution < -0.4 is 16.0 Å². The predicted molar refractivity (Wildman–Crippen MR) is 95.0 cm³/mol. The molecule has 2 amide bonds. The third kappa shape index (κ3) is 5.09. The molecule has 1 aliphatic heterocycles. The number of amides is 2. The van der Waals surface area contributed by atoms with Gasteiger partial charge in [0.2, 0.25) is 11.8 Å². The topological polar surface area (TPSA) is 75.4 Å². The molecule has 7 heteroatoms. The zero-order valence-electron chi connectivity index (χ0n) is 13.3. The van der Waals surface area contributed by atoms with Gasteiger partial charge in [-0.25, -0.2) is 0 Å². The molecule has 1 fully saturated rings. The lowest BCUT2D eigenvalue weighted by Crippen LogP contribution is -2.48. The van der Waals surface area contributed by atoms with Crippen LogP contribution in [-0.2, 0) is 9.59 Å². The first-order valence-electron chi connectivity index (χ1n) is 7.51. The summed E-state index contributed by atoms with van der Waals surface area (Å²) in [7, 11) is 0. The Morgan fingerprint density at radius 3 is 2.78 bits per heavy atom. The minimum absolute atomic E-state index is 0. The highest BCUT2D eigenvalue weighted by Gasteiger charge is 2.34. The molecule has 5 nitrogen and oxygen atoms in total. The molecule has 0 bridgehead atoms. The van der Waals surface area contributed by atoms with Crippen molar-refractivity contribution in [3.05, 3.63) is 29.3 Å². The molecule has 128 valence electrons. The van der Waals surface area contributed by atoms with Gasteiger partial charge in [-0.1, -0.05) is 31.5 Å². The molecule has 2 atom stereocenters. The summed E-state index contributed by atoms with van der Waals surface area (Å²) in [5.74, 6) is -0.0460. The Kier molecular flexibility index (Phi) is 7.32. The molecule has 0 aliphatic carbocycles. The second-order valence-electron chi connectivity index (χ2n) is 6.06. The Morgan fingerprint density at radius 1 is 1.48 bits per heavy atom. The Morgan fingerprint density at radius 2 is 2.17 bits per heavy atom. The van der Waals surface area contributed by atoms with E-state index in [4.69, 9.17) is 17.3 Å². The van der Waals surface area contributed by atoms with Crippen molar-refractivity contribution in [3.8, 4) is 0 Å². The number of halogens is 2. The molecule has 0 aromatic heterocycles. The average Bonchev–Trinajstić information content (AvgIpc) is 2.79. The van der Waals surface area contributed by atoms with Gasteiger partial charge in [-0.3, -0.25) is 9.59 Å². The Hall–Kier alpha value is -1.30. The molecule has 0 radical (unpaired) electrons. The molecule has 23 heavy (non-hydrogen) atoms. The first-order valence-corrected chi connectivity index (χ1v) is 7.89. The van der Waals surface area contributed by atoms with Crippen molar-refractivity contribution in [2.75, 3.05) is 11.4 Å². The molecule has 0 saturated carbocycles. The number of nitrogens with zero attached hydrogens (tertiary/aromatic N) is 1. The van der Waals surface area contributed by atoms with Crippen LogP contribution in [0.3, 0.4) is 0 Å². The van der Waals surface area contributed by atoms with Crippen molar-refractivity contribution in [2.24, 2.45) is 11.7 Å². The molecule has 1 aromatic rings. The zero-order valence-corrected chi connectivity index (χ0v) is 14.9. The summed E-state index contributed by atoms with van der Waals surface area (Å²) < 4.78 is 0. The van der Waals surface area contributed by atoms with E-state index in [2.05, 4.69) is 5.32 Å². The number of benzene rings is 1. The summed E-state index contributed by atoms with van der Waals surface area (Å²) in [6, 6.07) is 6.05. The number of hydrogen-bond donors (Lipinski definition) is 2. The molecular formula is C16H23Cl2N3O2. The van der Waals surface area contributed by atoms with Crippen molar-refractivity contribution in [2.45, 2.75) is 38.8 Å². The van der Waals surface area contributed by atoms with E-state index in [-0.39, 0.29) is 24.2 Å². The van der Waals surface area contributed by atoms with E-state index in [1.54, 1.807) is 23.1 Å². The van der Waals surface area contributed by atoms with Crippen LogP contribution in [-0.4, -0.2) is 30.4 Å². The van der Waals surface area contributed by atoms with Crippen molar-refractivity contribution in [1.29, 1.82) is 0 Å². The highest BCUT2D eigenvalue weighted by atomic mass is 35.5. The van der Waals surface area contributed by atoms with Crippen LogP contribution in [0.2, 0.25) is 5.02 Å². The second-order valence-corrected chi connectivity index (χ2v) is 6.49. The molecule has 1 aromatic carbocycles. The molecule has 1 saturated heterocycles. The van der Waals surface area contributed by atoms with E-state index in [0.717, 1.165) is 5.69 Å². The van der Waals surface area contributed by atoms with Crippen LogP contribution in [0, 0.1) is 5.92 Å². The maximum absolute atomic E-state index is 12.4. The summed E-state index contributed by atoms with van der Waals surface area (Å²) in [5.41, 5.74) is 6.60. The van der Waals surface area contributed by atoms with Gasteiger partial charge in [0, 0.05) is 17.3 Å².